The third-order valence-corrected chi connectivity index (χ3v) is 4.83. The molecule has 23 heavy (non-hydrogen) atoms. The van der Waals surface area contributed by atoms with Crippen LogP contribution in [-0.4, -0.2) is 26.1 Å². The molecular weight excluding hydrogens is 314 g/mol. The molecule has 1 heterocycles. The Labute approximate surface area is 140 Å². The van der Waals surface area contributed by atoms with E-state index in [1.807, 2.05) is 24.3 Å². The summed E-state index contributed by atoms with van der Waals surface area (Å²) in [6.45, 7) is 1.32. The quantitative estimate of drug-likeness (QED) is 0.912. The van der Waals surface area contributed by atoms with Gasteiger partial charge >= 0.3 is 0 Å². The number of carbonyl (C=O) groups is 1. The number of hydrogen-bond acceptors (Lipinski definition) is 4. The molecule has 1 saturated carbocycles. The van der Waals surface area contributed by atoms with Gasteiger partial charge in [-0.05, 0) is 53.7 Å². The molecule has 0 radical (unpaired) electrons. The van der Waals surface area contributed by atoms with Gasteiger partial charge in [0.25, 0.3) is 0 Å². The number of aromatic nitrogens is 4. The number of nitrogens with one attached hydrogen (secondary N) is 1. The van der Waals surface area contributed by atoms with Crippen molar-refractivity contribution in [3.63, 3.8) is 0 Å². The maximum absolute atomic E-state index is 12.3. The summed E-state index contributed by atoms with van der Waals surface area (Å²) >= 11 is 6.11. The van der Waals surface area contributed by atoms with Crippen LogP contribution < -0.4 is 5.32 Å². The van der Waals surface area contributed by atoms with Crippen molar-refractivity contribution < 1.29 is 4.79 Å². The lowest BCUT2D eigenvalue weighted by atomic mass is 9.81. The van der Waals surface area contributed by atoms with E-state index in [1.165, 1.54) is 0 Å². The Morgan fingerprint density at radius 1 is 1.26 bits per heavy atom. The molecule has 0 unspecified atom stereocenters. The number of amides is 1. The molecule has 0 spiro atoms. The number of benzene rings is 1. The number of halogens is 1. The zero-order valence-electron chi connectivity index (χ0n) is 12.9. The summed E-state index contributed by atoms with van der Waals surface area (Å²) < 4.78 is 1.77. The highest BCUT2D eigenvalue weighted by atomic mass is 35.5. The minimum Gasteiger partial charge on any atom is -0.352 e. The molecule has 1 N–H and O–H groups in total. The molecule has 2 aromatic rings. The molecule has 0 atom stereocenters. The van der Waals surface area contributed by atoms with Gasteiger partial charge in [-0.25, -0.2) is 4.68 Å². The van der Waals surface area contributed by atoms with Crippen molar-refractivity contribution in [1.82, 2.24) is 25.5 Å². The van der Waals surface area contributed by atoms with Gasteiger partial charge in [0.2, 0.25) is 5.91 Å². The molecule has 1 amide bonds. The van der Waals surface area contributed by atoms with Crippen LogP contribution in [-0.2, 0) is 17.9 Å². The van der Waals surface area contributed by atoms with Crippen LogP contribution in [0.15, 0.2) is 30.6 Å². The fourth-order valence-corrected chi connectivity index (χ4v) is 3.31. The summed E-state index contributed by atoms with van der Waals surface area (Å²) in [6.07, 6.45) is 5.54. The van der Waals surface area contributed by atoms with Crippen molar-refractivity contribution >= 4 is 17.5 Å². The molecule has 3 rings (SSSR count). The zero-order chi connectivity index (χ0) is 16.1. The Morgan fingerprint density at radius 3 is 2.74 bits per heavy atom. The molecule has 0 bridgehead atoms. The monoisotopic (exact) mass is 333 g/mol. The fourth-order valence-electron chi connectivity index (χ4n) is 3.10. The van der Waals surface area contributed by atoms with E-state index in [-0.39, 0.29) is 11.8 Å². The second-order valence-electron chi connectivity index (χ2n) is 6.06. The highest BCUT2D eigenvalue weighted by molar-refractivity contribution is 6.31. The van der Waals surface area contributed by atoms with Crippen LogP contribution in [0.3, 0.4) is 0 Å². The largest absolute Gasteiger partial charge is 0.352 e. The summed E-state index contributed by atoms with van der Waals surface area (Å²) in [5.74, 6) is 0.777. The van der Waals surface area contributed by atoms with Gasteiger partial charge in [-0.2, -0.15) is 0 Å². The third kappa shape index (κ3) is 4.28. The van der Waals surface area contributed by atoms with E-state index in [1.54, 1.807) is 11.0 Å². The standard InChI is InChI=1S/C16H20ClN5O/c17-15-4-2-1-3-14(15)9-18-16(23)13-7-5-12(6-8-13)10-22-11-19-20-21-22/h1-4,11-13H,5-10H2,(H,18,23). The van der Waals surface area contributed by atoms with Gasteiger partial charge < -0.3 is 5.32 Å². The first-order valence-electron chi connectivity index (χ1n) is 7.94. The van der Waals surface area contributed by atoms with Gasteiger partial charge in [-0.3, -0.25) is 4.79 Å². The van der Waals surface area contributed by atoms with Crippen molar-refractivity contribution in [3.05, 3.63) is 41.2 Å². The van der Waals surface area contributed by atoms with E-state index in [4.69, 9.17) is 11.6 Å². The average molecular weight is 334 g/mol. The lowest BCUT2D eigenvalue weighted by Gasteiger charge is -2.27. The van der Waals surface area contributed by atoms with Crippen LogP contribution in [0.1, 0.15) is 31.2 Å². The van der Waals surface area contributed by atoms with Gasteiger partial charge in [0, 0.05) is 24.0 Å². The number of rotatable bonds is 5. The molecule has 6 nitrogen and oxygen atoms in total. The van der Waals surface area contributed by atoms with Crippen LogP contribution >= 0.6 is 11.6 Å². The Morgan fingerprint density at radius 2 is 2.04 bits per heavy atom. The van der Waals surface area contributed by atoms with Gasteiger partial charge in [0.1, 0.15) is 6.33 Å². The molecule has 0 aliphatic heterocycles. The summed E-state index contributed by atoms with van der Waals surface area (Å²) in [5.41, 5.74) is 0.954. The Kier molecular flexibility index (Phi) is 5.23. The second-order valence-corrected chi connectivity index (χ2v) is 6.47. The summed E-state index contributed by atoms with van der Waals surface area (Å²) in [7, 11) is 0. The number of hydrogen-bond donors (Lipinski definition) is 1. The van der Waals surface area contributed by atoms with Crippen LogP contribution in [0, 0.1) is 11.8 Å². The van der Waals surface area contributed by atoms with Crippen molar-refractivity contribution in [2.75, 3.05) is 0 Å². The lowest BCUT2D eigenvalue weighted by Crippen LogP contribution is -2.33. The van der Waals surface area contributed by atoms with Crippen molar-refractivity contribution in [2.45, 2.75) is 38.8 Å². The topological polar surface area (TPSA) is 72.7 Å². The van der Waals surface area contributed by atoms with Gasteiger partial charge in [-0.15, -0.1) is 5.10 Å². The van der Waals surface area contributed by atoms with Crippen molar-refractivity contribution in [1.29, 1.82) is 0 Å². The molecule has 7 heteroatoms. The maximum atomic E-state index is 12.3. The first-order chi connectivity index (χ1) is 11.2. The van der Waals surface area contributed by atoms with Crippen LogP contribution in [0.2, 0.25) is 5.02 Å². The number of nitrogens with zero attached hydrogens (tertiary/aromatic N) is 4. The second kappa shape index (κ2) is 7.55. The molecular formula is C16H20ClN5O. The highest BCUT2D eigenvalue weighted by Gasteiger charge is 2.26. The van der Waals surface area contributed by atoms with E-state index in [9.17, 15) is 4.79 Å². The average Bonchev–Trinajstić information content (AvgIpc) is 3.07. The summed E-state index contributed by atoms with van der Waals surface area (Å²) in [4.78, 5) is 12.3. The van der Waals surface area contributed by atoms with E-state index in [0.29, 0.717) is 17.5 Å². The summed E-state index contributed by atoms with van der Waals surface area (Å²) in [6, 6.07) is 7.59. The van der Waals surface area contributed by atoms with Gasteiger partial charge in [0.05, 0.1) is 0 Å². The predicted molar refractivity (Wildman–Crippen MR) is 86.6 cm³/mol. The fraction of sp³-hybridized carbons (Fsp3) is 0.500. The Bertz CT molecular complexity index is 638. The SMILES string of the molecule is O=C(NCc1ccccc1Cl)C1CCC(Cn2cnnn2)CC1. The molecule has 122 valence electrons. The Balaban J connectivity index is 1.44. The molecule has 0 saturated heterocycles. The molecule has 1 aromatic carbocycles. The minimum absolute atomic E-state index is 0.0996. The molecule has 1 aliphatic rings. The molecule has 1 aromatic heterocycles. The normalized spacial score (nSPS) is 21.1. The first kappa shape index (κ1) is 15.9. The van der Waals surface area contributed by atoms with E-state index >= 15 is 0 Å². The van der Waals surface area contributed by atoms with Crippen LogP contribution in [0.5, 0.6) is 0 Å². The zero-order valence-corrected chi connectivity index (χ0v) is 13.6. The van der Waals surface area contributed by atoms with E-state index in [0.717, 1.165) is 37.8 Å². The lowest BCUT2D eigenvalue weighted by molar-refractivity contribution is -0.126. The first-order valence-corrected chi connectivity index (χ1v) is 8.32. The molecule has 1 aliphatic carbocycles. The van der Waals surface area contributed by atoms with Gasteiger partial charge in [-0.1, -0.05) is 29.8 Å². The van der Waals surface area contributed by atoms with Crippen molar-refractivity contribution in [3.8, 4) is 0 Å². The predicted octanol–water partition coefficient (Wildman–Crippen LogP) is 2.45. The maximum Gasteiger partial charge on any atom is 0.223 e. The minimum atomic E-state index is 0.0996. The third-order valence-electron chi connectivity index (χ3n) is 4.47. The van der Waals surface area contributed by atoms with Crippen LogP contribution in [0.4, 0.5) is 0 Å². The highest BCUT2D eigenvalue weighted by Crippen LogP contribution is 2.30. The van der Waals surface area contributed by atoms with Gasteiger partial charge in [0.15, 0.2) is 0 Å². The number of carbonyl (C=O) groups excluding carboxylic acids is 1. The van der Waals surface area contributed by atoms with E-state index < -0.39 is 0 Å². The Hall–Kier alpha value is -1.95. The van der Waals surface area contributed by atoms with Crippen LogP contribution in [0.25, 0.3) is 0 Å². The van der Waals surface area contributed by atoms with E-state index in [2.05, 4.69) is 20.8 Å². The number of tetrazole rings is 1. The molecule has 1 fully saturated rings. The smallest absolute Gasteiger partial charge is 0.223 e. The summed E-state index contributed by atoms with van der Waals surface area (Å²) in [5, 5.41) is 14.9. The van der Waals surface area contributed by atoms with Crippen molar-refractivity contribution in [2.24, 2.45) is 11.8 Å².